The molecular weight excluding hydrogens is 284 g/mol. The number of nitro groups is 1. The van der Waals surface area contributed by atoms with Gasteiger partial charge in [-0.25, -0.2) is 0 Å². The van der Waals surface area contributed by atoms with E-state index in [1.807, 2.05) is 13.8 Å². The third-order valence-corrected chi connectivity index (χ3v) is 3.83. The van der Waals surface area contributed by atoms with Crippen molar-refractivity contribution in [2.24, 2.45) is 5.92 Å². The molecule has 22 heavy (non-hydrogen) atoms. The van der Waals surface area contributed by atoms with Crippen LogP contribution in [0.2, 0.25) is 0 Å². The highest BCUT2D eigenvalue weighted by molar-refractivity contribution is 5.79. The Morgan fingerprint density at radius 2 is 2.23 bits per heavy atom. The molecule has 1 aromatic heterocycles. The van der Waals surface area contributed by atoms with Crippen LogP contribution >= 0.6 is 0 Å². The van der Waals surface area contributed by atoms with Crippen LogP contribution in [-0.2, 0) is 4.79 Å². The highest BCUT2D eigenvalue weighted by Gasteiger charge is 2.28. The third-order valence-electron chi connectivity index (χ3n) is 3.83. The highest BCUT2D eigenvalue weighted by Crippen LogP contribution is 2.30. The maximum Gasteiger partial charge on any atom is 0.310 e. The van der Waals surface area contributed by atoms with Gasteiger partial charge in [0, 0.05) is 24.2 Å². The molecule has 0 radical (unpaired) electrons. The van der Waals surface area contributed by atoms with Crippen LogP contribution in [0.4, 0.5) is 11.4 Å². The number of pyridine rings is 1. The number of carbonyl (C=O) groups is 1. The minimum absolute atomic E-state index is 0.0312. The zero-order chi connectivity index (χ0) is 16.1. The maximum absolute atomic E-state index is 12.1. The third kappa shape index (κ3) is 4.16. The number of anilines is 1. The smallest absolute Gasteiger partial charge is 0.310 e. The van der Waals surface area contributed by atoms with Crippen LogP contribution in [0.25, 0.3) is 0 Å². The molecule has 0 aliphatic heterocycles. The Balaban J connectivity index is 2.02. The fourth-order valence-corrected chi connectivity index (χ4v) is 2.83. The van der Waals surface area contributed by atoms with Gasteiger partial charge in [0.1, 0.15) is 11.9 Å². The summed E-state index contributed by atoms with van der Waals surface area (Å²) in [4.78, 5) is 26.5. The summed E-state index contributed by atoms with van der Waals surface area (Å²) in [5.41, 5.74) is 0.436. The predicted octanol–water partition coefficient (Wildman–Crippen LogP) is 2.49. The summed E-state index contributed by atoms with van der Waals surface area (Å²) in [5.74, 6) is 0.0419. The van der Waals surface area contributed by atoms with Gasteiger partial charge in [-0.15, -0.1) is 0 Å². The van der Waals surface area contributed by atoms with Gasteiger partial charge in [-0.05, 0) is 39.2 Å². The fraction of sp³-hybridized carbons (Fsp3) is 0.600. The second kappa shape index (κ2) is 7.20. The molecule has 120 valence electrons. The molecule has 1 aromatic rings. The normalized spacial score (nSPS) is 21.4. The first kappa shape index (κ1) is 16.2. The van der Waals surface area contributed by atoms with E-state index in [1.54, 1.807) is 6.07 Å². The standard InChI is InChI=1S/C15H22N4O3/c1-10(2)17-15(20)11-4-3-5-12(8-11)18-13-6-7-16-9-14(13)19(21)22/h6-7,9-12H,3-5,8H2,1-2H3,(H,16,18)(H,17,20). The predicted molar refractivity (Wildman–Crippen MR) is 83.5 cm³/mol. The summed E-state index contributed by atoms with van der Waals surface area (Å²) in [6.07, 6.45) is 6.18. The van der Waals surface area contributed by atoms with Gasteiger partial charge in [0.15, 0.2) is 0 Å². The van der Waals surface area contributed by atoms with Crippen molar-refractivity contribution in [3.63, 3.8) is 0 Å². The largest absolute Gasteiger partial charge is 0.377 e. The highest BCUT2D eigenvalue weighted by atomic mass is 16.6. The van der Waals surface area contributed by atoms with Gasteiger partial charge in [0.25, 0.3) is 0 Å². The van der Waals surface area contributed by atoms with Crippen LogP contribution in [0.15, 0.2) is 18.5 Å². The molecule has 0 aromatic carbocycles. The van der Waals surface area contributed by atoms with E-state index in [4.69, 9.17) is 0 Å². The summed E-state index contributed by atoms with van der Waals surface area (Å²) in [5, 5.41) is 17.2. The number of rotatable bonds is 5. The first-order chi connectivity index (χ1) is 10.5. The Morgan fingerprint density at radius 1 is 1.45 bits per heavy atom. The minimum Gasteiger partial charge on any atom is -0.377 e. The molecule has 1 aliphatic rings. The van der Waals surface area contributed by atoms with Crippen molar-refractivity contribution in [3.05, 3.63) is 28.6 Å². The fourth-order valence-electron chi connectivity index (χ4n) is 2.83. The monoisotopic (exact) mass is 306 g/mol. The van der Waals surface area contributed by atoms with E-state index in [2.05, 4.69) is 15.6 Å². The molecule has 1 heterocycles. The Morgan fingerprint density at radius 3 is 2.91 bits per heavy atom. The van der Waals surface area contributed by atoms with Gasteiger partial charge in [-0.2, -0.15) is 0 Å². The molecule has 7 nitrogen and oxygen atoms in total. The van der Waals surface area contributed by atoms with E-state index in [0.29, 0.717) is 12.1 Å². The molecule has 2 rings (SSSR count). The molecule has 2 atom stereocenters. The lowest BCUT2D eigenvalue weighted by atomic mass is 9.85. The second-order valence-corrected chi connectivity index (χ2v) is 6.02. The Bertz CT molecular complexity index is 547. The molecule has 2 unspecified atom stereocenters. The molecule has 2 N–H and O–H groups in total. The Hall–Kier alpha value is -2.18. The lowest BCUT2D eigenvalue weighted by Gasteiger charge is -2.30. The average molecular weight is 306 g/mol. The number of nitrogens with zero attached hydrogens (tertiary/aromatic N) is 2. The van der Waals surface area contributed by atoms with E-state index in [-0.39, 0.29) is 29.6 Å². The van der Waals surface area contributed by atoms with Crippen molar-refractivity contribution in [1.29, 1.82) is 0 Å². The van der Waals surface area contributed by atoms with Gasteiger partial charge in [-0.1, -0.05) is 6.42 Å². The molecular formula is C15H22N4O3. The summed E-state index contributed by atoms with van der Waals surface area (Å²) in [6.45, 7) is 3.88. The van der Waals surface area contributed by atoms with Gasteiger partial charge >= 0.3 is 5.69 Å². The number of hydrogen-bond acceptors (Lipinski definition) is 5. The molecule has 7 heteroatoms. The van der Waals surface area contributed by atoms with Crippen LogP contribution in [0, 0.1) is 16.0 Å². The number of aromatic nitrogens is 1. The van der Waals surface area contributed by atoms with Crippen LogP contribution in [-0.4, -0.2) is 27.9 Å². The zero-order valence-electron chi connectivity index (χ0n) is 12.9. The van der Waals surface area contributed by atoms with Gasteiger partial charge in [0.05, 0.1) is 4.92 Å². The first-order valence-corrected chi connectivity index (χ1v) is 7.62. The molecule has 1 amide bonds. The number of carbonyl (C=O) groups excluding carboxylic acids is 1. The van der Waals surface area contributed by atoms with Crippen LogP contribution in [0.3, 0.4) is 0 Å². The van der Waals surface area contributed by atoms with Crippen molar-refractivity contribution in [1.82, 2.24) is 10.3 Å². The summed E-state index contributed by atoms with van der Waals surface area (Å²) in [6, 6.07) is 1.80. The zero-order valence-corrected chi connectivity index (χ0v) is 12.9. The van der Waals surface area contributed by atoms with E-state index in [9.17, 15) is 14.9 Å². The topological polar surface area (TPSA) is 97.2 Å². The van der Waals surface area contributed by atoms with Gasteiger partial charge in [0.2, 0.25) is 5.91 Å². The van der Waals surface area contributed by atoms with Crippen LogP contribution < -0.4 is 10.6 Å². The maximum atomic E-state index is 12.1. The molecule has 0 bridgehead atoms. The van der Waals surface area contributed by atoms with Crippen molar-refractivity contribution in [2.75, 3.05) is 5.32 Å². The molecule has 0 saturated heterocycles. The quantitative estimate of drug-likeness (QED) is 0.643. The summed E-state index contributed by atoms with van der Waals surface area (Å²) in [7, 11) is 0. The van der Waals surface area contributed by atoms with Crippen LogP contribution in [0.1, 0.15) is 39.5 Å². The molecule has 1 fully saturated rings. The average Bonchev–Trinajstić information content (AvgIpc) is 2.47. The number of amides is 1. The van der Waals surface area contributed by atoms with Crippen molar-refractivity contribution >= 4 is 17.3 Å². The second-order valence-electron chi connectivity index (χ2n) is 6.02. The molecule has 1 saturated carbocycles. The van der Waals surface area contributed by atoms with E-state index >= 15 is 0 Å². The summed E-state index contributed by atoms with van der Waals surface area (Å²) < 4.78 is 0. The van der Waals surface area contributed by atoms with E-state index in [0.717, 1.165) is 19.3 Å². The molecule has 1 aliphatic carbocycles. The number of nitrogens with one attached hydrogen (secondary N) is 2. The Labute approximate surface area is 129 Å². The van der Waals surface area contributed by atoms with Gasteiger partial charge < -0.3 is 10.6 Å². The SMILES string of the molecule is CC(C)NC(=O)C1CCCC(Nc2ccncc2[N+](=O)[O-])C1. The lowest BCUT2D eigenvalue weighted by Crippen LogP contribution is -2.40. The van der Waals surface area contributed by atoms with E-state index in [1.165, 1.54) is 12.4 Å². The van der Waals surface area contributed by atoms with Crippen molar-refractivity contribution < 1.29 is 9.72 Å². The first-order valence-electron chi connectivity index (χ1n) is 7.62. The summed E-state index contributed by atoms with van der Waals surface area (Å²) >= 11 is 0. The molecule has 0 spiro atoms. The van der Waals surface area contributed by atoms with Crippen molar-refractivity contribution in [3.8, 4) is 0 Å². The van der Waals surface area contributed by atoms with Crippen molar-refractivity contribution in [2.45, 2.75) is 51.6 Å². The minimum atomic E-state index is -0.443. The van der Waals surface area contributed by atoms with Crippen LogP contribution in [0.5, 0.6) is 0 Å². The number of hydrogen-bond donors (Lipinski definition) is 2. The lowest BCUT2D eigenvalue weighted by molar-refractivity contribution is -0.384. The van der Waals surface area contributed by atoms with Gasteiger partial charge in [-0.3, -0.25) is 19.9 Å². The Kier molecular flexibility index (Phi) is 5.30. The van der Waals surface area contributed by atoms with E-state index < -0.39 is 4.92 Å².